The SMILES string of the molecule is CC1CN(C)CCC1NCC1CCCCN1C(=O)OC(C)(C)C. The summed E-state index contributed by atoms with van der Waals surface area (Å²) in [6, 6.07) is 0.832. The van der Waals surface area contributed by atoms with E-state index >= 15 is 0 Å². The van der Waals surface area contributed by atoms with Crippen LogP contribution < -0.4 is 5.32 Å². The molecule has 0 radical (unpaired) electrons. The molecule has 23 heavy (non-hydrogen) atoms. The van der Waals surface area contributed by atoms with Gasteiger partial charge in [0.2, 0.25) is 0 Å². The number of nitrogens with zero attached hydrogens (tertiary/aromatic N) is 2. The number of likely N-dealkylation sites (tertiary alicyclic amines) is 2. The van der Waals surface area contributed by atoms with Gasteiger partial charge in [-0.3, -0.25) is 0 Å². The fraction of sp³-hybridized carbons (Fsp3) is 0.944. The van der Waals surface area contributed by atoms with Crippen molar-refractivity contribution in [3.63, 3.8) is 0 Å². The van der Waals surface area contributed by atoms with Gasteiger partial charge in [-0.2, -0.15) is 0 Å². The van der Waals surface area contributed by atoms with E-state index < -0.39 is 5.60 Å². The van der Waals surface area contributed by atoms with Crippen molar-refractivity contribution in [1.82, 2.24) is 15.1 Å². The Bertz CT molecular complexity index is 394. The number of carbonyl (C=O) groups is 1. The van der Waals surface area contributed by atoms with Crippen molar-refractivity contribution in [2.75, 3.05) is 33.2 Å². The molecular weight excluding hydrogens is 290 g/mol. The highest BCUT2D eigenvalue weighted by Gasteiger charge is 2.31. The van der Waals surface area contributed by atoms with E-state index in [4.69, 9.17) is 4.74 Å². The van der Waals surface area contributed by atoms with Crippen molar-refractivity contribution in [3.8, 4) is 0 Å². The molecule has 1 N–H and O–H groups in total. The highest BCUT2D eigenvalue weighted by atomic mass is 16.6. The molecule has 2 aliphatic rings. The van der Waals surface area contributed by atoms with Gasteiger partial charge < -0.3 is 19.9 Å². The maximum atomic E-state index is 12.5. The molecule has 0 aromatic carbocycles. The number of nitrogens with one attached hydrogen (secondary N) is 1. The Morgan fingerprint density at radius 2 is 1.96 bits per heavy atom. The molecule has 2 heterocycles. The zero-order chi connectivity index (χ0) is 17.0. The Morgan fingerprint density at radius 1 is 1.22 bits per heavy atom. The fourth-order valence-electron chi connectivity index (χ4n) is 3.72. The number of hydrogen-bond acceptors (Lipinski definition) is 4. The van der Waals surface area contributed by atoms with E-state index in [2.05, 4.69) is 24.2 Å². The van der Waals surface area contributed by atoms with Gasteiger partial charge in [-0.1, -0.05) is 6.92 Å². The average Bonchev–Trinajstić information content (AvgIpc) is 2.45. The van der Waals surface area contributed by atoms with Crippen LogP contribution in [0, 0.1) is 5.92 Å². The number of rotatable bonds is 3. The van der Waals surface area contributed by atoms with E-state index in [-0.39, 0.29) is 12.1 Å². The van der Waals surface area contributed by atoms with E-state index in [1.165, 1.54) is 12.8 Å². The maximum Gasteiger partial charge on any atom is 0.410 e. The lowest BCUT2D eigenvalue weighted by Crippen LogP contribution is -2.54. The predicted octanol–water partition coefficient (Wildman–Crippen LogP) is 2.71. The first-order chi connectivity index (χ1) is 10.8. The van der Waals surface area contributed by atoms with Crippen LogP contribution in [0.5, 0.6) is 0 Å². The first-order valence-corrected chi connectivity index (χ1v) is 9.18. The van der Waals surface area contributed by atoms with Gasteiger partial charge in [-0.05, 0) is 66.0 Å². The third-order valence-electron chi connectivity index (χ3n) is 4.98. The van der Waals surface area contributed by atoms with Crippen LogP contribution in [0.2, 0.25) is 0 Å². The van der Waals surface area contributed by atoms with Gasteiger partial charge in [0.1, 0.15) is 5.60 Å². The van der Waals surface area contributed by atoms with Gasteiger partial charge in [0, 0.05) is 31.7 Å². The number of piperidine rings is 2. The molecule has 5 heteroatoms. The van der Waals surface area contributed by atoms with Crippen molar-refractivity contribution in [3.05, 3.63) is 0 Å². The summed E-state index contributed by atoms with van der Waals surface area (Å²) in [5.41, 5.74) is -0.422. The Labute approximate surface area is 141 Å². The summed E-state index contributed by atoms with van der Waals surface area (Å²) in [7, 11) is 2.19. The molecule has 2 rings (SSSR count). The minimum absolute atomic E-state index is 0.152. The third-order valence-corrected chi connectivity index (χ3v) is 4.98. The van der Waals surface area contributed by atoms with Gasteiger partial charge in [-0.15, -0.1) is 0 Å². The van der Waals surface area contributed by atoms with Crippen molar-refractivity contribution in [2.24, 2.45) is 5.92 Å². The topological polar surface area (TPSA) is 44.8 Å². The Morgan fingerprint density at radius 3 is 2.61 bits per heavy atom. The summed E-state index contributed by atoms with van der Waals surface area (Å²) in [5.74, 6) is 0.660. The van der Waals surface area contributed by atoms with Gasteiger partial charge in [-0.25, -0.2) is 4.79 Å². The Kier molecular flexibility index (Phi) is 6.32. The number of carbonyl (C=O) groups excluding carboxylic acids is 1. The van der Waals surface area contributed by atoms with Crippen LogP contribution >= 0.6 is 0 Å². The second-order valence-corrected chi connectivity index (χ2v) is 8.37. The van der Waals surface area contributed by atoms with Crippen LogP contribution in [0.3, 0.4) is 0 Å². The normalized spacial score (nSPS) is 30.3. The monoisotopic (exact) mass is 325 g/mol. The van der Waals surface area contributed by atoms with Crippen LogP contribution in [-0.2, 0) is 4.74 Å². The van der Waals surface area contributed by atoms with Crippen molar-refractivity contribution >= 4 is 6.09 Å². The molecule has 0 spiro atoms. The van der Waals surface area contributed by atoms with Crippen molar-refractivity contribution in [1.29, 1.82) is 0 Å². The summed E-state index contributed by atoms with van der Waals surface area (Å²) in [6.07, 6.45) is 4.40. The second-order valence-electron chi connectivity index (χ2n) is 8.37. The molecule has 0 bridgehead atoms. The molecule has 3 unspecified atom stereocenters. The first-order valence-electron chi connectivity index (χ1n) is 9.18. The van der Waals surface area contributed by atoms with E-state index in [1.807, 2.05) is 25.7 Å². The summed E-state index contributed by atoms with van der Waals surface area (Å²) >= 11 is 0. The van der Waals surface area contributed by atoms with Gasteiger partial charge >= 0.3 is 6.09 Å². The minimum atomic E-state index is -0.422. The molecule has 5 nitrogen and oxygen atoms in total. The Balaban J connectivity index is 1.87. The highest BCUT2D eigenvalue weighted by Crippen LogP contribution is 2.21. The van der Waals surface area contributed by atoms with Gasteiger partial charge in [0.15, 0.2) is 0 Å². The average molecular weight is 325 g/mol. The summed E-state index contributed by atoms with van der Waals surface area (Å²) in [6.45, 7) is 12.1. The van der Waals surface area contributed by atoms with E-state index in [0.29, 0.717) is 12.0 Å². The minimum Gasteiger partial charge on any atom is -0.444 e. The molecule has 2 fully saturated rings. The highest BCUT2D eigenvalue weighted by molar-refractivity contribution is 5.68. The van der Waals surface area contributed by atoms with Crippen LogP contribution in [0.1, 0.15) is 53.4 Å². The lowest BCUT2D eigenvalue weighted by atomic mass is 9.93. The van der Waals surface area contributed by atoms with Crippen molar-refractivity contribution in [2.45, 2.75) is 71.1 Å². The van der Waals surface area contributed by atoms with Crippen LogP contribution in [0.15, 0.2) is 0 Å². The smallest absolute Gasteiger partial charge is 0.410 e. The molecule has 0 saturated carbocycles. The molecule has 134 valence electrons. The lowest BCUT2D eigenvalue weighted by Gasteiger charge is -2.40. The molecular formula is C18H35N3O2. The van der Waals surface area contributed by atoms with E-state index in [9.17, 15) is 4.79 Å². The quantitative estimate of drug-likeness (QED) is 0.866. The third kappa shape index (κ3) is 5.64. The number of hydrogen-bond donors (Lipinski definition) is 1. The summed E-state index contributed by atoms with van der Waals surface area (Å²) < 4.78 is 5.59. The van der Waals surface area contributed by atoms with Crippen LogP contribution in [-0.4, -0.2) is 66.8 Å². The maximum absolute atomic E-state index is 12.5. The fourth-order valence-corrected chi connectivity index (χ4v) is 3.72. The summed E-state index contributed by atoms with van der Waals surface area (Å²) in [5, 5.41) is 3.73. The second kappa shape index (κ2) is 7.84. The van der Waals surface area contributed by atoms with Crippen LogP contribution in [0.25, 0.3) is 0 Å². The molecule has 3 atom stereocenters. The standard InChI is InChI=1S/C18H35N3O2/c1-14-13-20(5)11-9-16(14)19-12-15-8-6-7-10-21(15)17(22)23-18(2,3)4/h14-16,19H,6-13H2,1-5H3. The molecule has 0 aromatic heterocycles. The molecule has 0 aromatic rings. The lowest BCUT2D eigenvalue weighted by molar-refractivity contribution is 0.00911. The van der Waals surface area contributed by atoms with E-state index in [0.717, 1.165) is 39.0 Å². The predicted molar refractivity (Wildman–Crippen MR) is 93.6 cm³/mol. The van der Waals surface area contributed by atoms with E-state index in [1.54, 1.807) is 0 Å². The summed E-state index contributed by atoms with van der Waals surface area (Å²) in [4.78, 5) is 16.8. The van der Waals surface area contributed by atoms with Crippen molar-refractivity contribution < 1.29 is 9.53 Å². The first kappa shape index (κ1) is 18.5. The molecule has 2 aliphatic heterocycles. The number of ether oxygens (including phenoxy) is 1. The largest absolute Gasteiger partial charge is 0.444 e. The molecule has 1 amide bonds. The van der Waals surface area contributed by atoms with Gasteiger partial charge in [0.05, 0.1) is 0 Å². The van der Waals surface area contributed by atoms with Crippen LogP contribution in [0.4, 0.5) is 4.79 Å². The molecule has 0 aliphatic carbocycles. The zero-order valence-electron chi connectivity index (χ0n) is 15.6. The molecule has 2 saturated heterocycles. The van der Waals surface area contributed by atoms with Gasteiger partial charge in [0.25, 0.3) is 0 Å². The zero-order valence-corrected chi connectivity index (χ0v) is 15.6. The number of amides is 1. The Hall–Kier alpha value is -0.810.